The molecule has 1 rings (SSSR count). The molecule has 0 aromatic heterocycles. The molecule has 6 heteroatoms. The van der Waals surface area contributed by atoms with Gasteiger partial charge >= 0.3 is 0 Å². The number of carbonyl (C=O) groups is 1. The number of hydrogen-bond acceptors (Lipinski definition) is 5. The predicted octanol–water partition coefficient (Wildman–Crippen LogP) is 2.21. The van der Waals surface area contributed by atoms with E-state index in [1.807, 2.05) is 6.92 Å². The molecule has 1 aromatic rings. The molecule has 0 atom stereocenters. The van der Waals surface area contributed by atoms with Crippen LogP contribution in [0.15, 0.2) is 18.2 Å². The van der Waals surface area contributed by atoms with Crippen molar-refractivity contribution in [1.29, 1.82) is 0 Å². The van der Waals surface area contributed by atoms with Crippen molar-refractivity contribution in [1.82, 2.24) is 0 Å². The third-order valence-electron chi connectivity index (χ3n) is 2.24. The van der Waals surface area contributed by atoms with Crippen molar-refractivity contribution in [2.45, 2.75) is 13.8 Å². The van der Waals surface area contributed by atoms with E-state index in [0.717, 1.165) is 0 Å². The SMILES string of the molecule is CCOCCOc1ccc([N+](=O)[O-])c(C(C)=O)c1. The van der Waals surface area contributed by atoms with Crippen LogP contribution in [0.5, 0.6) is 5.75 Å². The Balaban J connectivity index is 2.80. The molecule has 0 heterocycles. The van der Waals surface area contributed by atoms with E-state index in [-0.39, 0.29) is 17.0 Å². The zero-order chi connectivity index (χ0) is 13.5. The van der Waals surface area contributed by atoms with Crippen molar-refractivity contribution in [3.8, 4) is 5.75 Å². The largest absolute Gasteiger partial charge is 0.491 e. The monoisotopic (exact) mass is 253 g/mol. The molecule has 1 aromatic carbocycles. The van der Waals surface area contributed by atoms with E-state index >= 15 is 0 Å². The minimum atomic E-state index is -0.583. The minimum Gasteiger partial charge on any atom is -0.491 e. The number of hydrogen-bond donors (Lipinski definition) is 0. The third kappa shape index (κ3) is 3.81. The van der Waals surface area contributed by atoms with Crippen LogP contribution in [-0.2, 0) is 4.74 Å². The van der Waals surface area contributed by atoms with Crippen LogP contribution in [0.25, 0.3) is 0 Å². The van der Waals surface area contributed by atoms with Crippen molar-refractivity contribution >= 4 is 11.5 Å². The molecule has 0 aliphatic heterocycles. The zero-order valence-corrected chi connectivity index (χ0v) is 10.3. The molecule has 0 aliphatic rings. The minimum absolute atomic E-state index is 0.0499. The summed E-state index contributed by atoms with van der Waals surface area (Å²) >= 11 is 0. The smallest absolute Gasteiger partial charge is 0.280 e. The molecule has 0 unspecified atom stereocenters. The number of ketones is 1. The summed E-state index contributed by atoms with van der Waals surface area (Å²) in [6, 6.07) is 4.12. The van der Waals surface area contributed by atoms with E-state index in [1.54, 1.807) is 0 Å². The van der Waals surface area contributed by atoms with E-state index in [2.05, 4.69) is 0 Å². The summed E-state index contributed by atoms with van der Waals surface area (Å²) in [7, 11) is 0. The van der Waals surface area contributed by atoms with Gasteiger partial charge in [0.2, 0.25) is 0 Å². The Morgan fingerprint density at radius 1 is 1.39 bits per heavy atom. The van der Waals surface area contributed by atoms with Gasteiger partial charge in [-0.2, -0.15) is 0 Å². The molecule has 0 saturated carbocycles. The summed E-state index contributed by atoms with van der Waals surface area (Å²) in [5.41, 5.74) is -0.159. The Kier molecular flexibility index (Phi) is 5.26. The van der Waals surface area contributed by atoms with Crippen LogP contribution < -0.4 is 4.74 Å². The lowest BCUT2D eigenvalue weighted by Gasteiger charge is -2.07. The van der Waals surface area contributed by atoms with E-state index in [4.69, 9.17) is 9.47 Å². The molecule has 0 radical (unpaired) electrons. The maximum absolute atomic E-state index is 11.3. The second-order valence-corrected chi connectivity index (χ2v) is 3.54. The van der Waals surface area contributed by atoms with Gasteiger partial charge in [0.15, 0.2) is 5.78 Å². The van der Waals surface area contributed by atoms with Crippen LogP contribution >= 0.6 is 0 Å². The number of ether oxygens (including phenoxy) is 2. The van der Waals surface area contributed by atoms with Gasteiger partial charge in [0.05, 0.1) is 17.1 Å². The molecular weight excluding hydrogens is 238 g/mol. The molecule has 0 aliphatic carbocycles. The van der Waals surface area contributed by atoms with Gasteiger partial charge in [-0.1, -0.05) is 0 Å². The first-order valence-electron chi connectivity index (χ1n) is 5.56. The molecule has 6 nitrogen and oxygen atoms in total. The summed E-state index contributed by atoms with van der Waals surface area (Å²) < 4.78 is 10.4. The maximum atomic E-state index is 11.3. The van der Waals surface area contributed by atoms with Gasteiger partial charge < -0.3 is 9.47 Å². The van der Waals surface area contributed by atoms with Crippen LogP contribution in [0.1, 0.15) is 24.2 Å². The van der Waals surface area contributed by atoms with Crippen molar-refractivity contribution in [3.63, 3.8) is 0 Å². The zero-order valence-electron chi connectivity index (χ0n) is 10.3. The second-order valence-electron chi connectivity index (χ2n) is 3.54. The van der Waals surface area contributed by atoms with Crippen molar-refractivity contribution < 1.29 is 19.2 Å². The molecule has 18 heavy (non-hydrogen) atoms. The van der Waals surface area contributed by atoms with Crippen LogP contribution in [0.3, 0.4) is 0 Å². The molecule has 0 spiro atoms. The number of nitro groups is 1. The normalized spacial score (nSPS) is 10.1. The fourth-order valence-corrected chi connectivity index (χ4v) is 1.41. The summed E-state index contributed by atoms with van der Waals surface area (Å²) in [6.45, 7) is 4.53. The van der Waals surface area contributed by atoms with Gasteiger partial charge in [-0.25, -0.2) is 0 Å². The van der Waals surface area contributed by atoms with Crippen LogP contribution in [0.2, 0.25) is 0 Å². The lowest BCUT2D eigenvalue weighted by atomic mass is 10.1. The van der Waals surface area contributed by atoms with Gasteiger partial charge in [0.25, 0.3) is 5.69 Å². The van der Waals surface area contributed by atoms with Crippen molar-refractivity contribution in [2.75, 3.05) is 19.8 Å². The van der Waals surface area contributed by atoms with Gasteiger partial charge in [-0.15, -0.1) is 0 Å². The number of nitrogens with zero attached hydrogens (tertiary/aromatic N) is 1. The van der Waals surface area contributed by atoms with Crippen molar-refractivity contribution in [3.05, 3.63) is 33.9 Å². The Hall–Kier alpha value is -1.95. The van der Waals surface area contributed by atoms with Crippen LogP contribution in [-0.4, -0.2) is 30.5 Å². The van der Waals surface area contributed by atoms with Crippen LogP contribution in [0, 0.1) is 10.1 Å². The average molecular weight is 253 g/mol. The quantitative estimate of drug-likeness (QED) is 0.322. The highest BCUT2D eigenvalue weighted by Crippen LogP contribution is 2.24. The topological polar surface area (TPSA) is 78.7 Å². The summed E-state index contributed by atoms with van der Waals surface area (Å²) in [5, 5.41) is 10.7. The Labute approximate surface area is 105 Å². The molecule has 0 N–H and O–H groups in total. The number of nitro benzene ring substituents is 1. The average Bonchev–Trinajstić information content (AvgIpc) is 2.34. The van der Waals surface area contributed by atoms with Gasteiger partial charge in [-0.3, -0.25) is 14.9 Å². The van der Waals surface area contributed by atoms with Gasteiger partial charge in [-0.05, 0) is 26.0 Å². The van der Waals surface area contributed by atoms with E-state index < -0.39 is 4.92 Å². The Morgan fingerprint density at radius 2 is 2.11 bits per heavy atom. The number of rotatable bonds is 7. The molecule has 0 saturated heterocycles. The Bertz CT molecular complexity index is 444. The second kappa shape index (κ2) is 6.70. The fourth-order valence-electron chi connectivity index (χ4n) is 1.41. The maximum Gasteiger partial charge on any atom is 0.280 e. The van der Waals surface area contributed by atoms with Gasteiger partial charge in [0.1, 0.15) is 12.4 Å². The summed E-state index contributed by atoms with van der Waals surface area (Å²) in [6.07, 6.45) is 0. The molecule has 98 valence electrons. The first kappa shape index (κ1) is 14.1. The highest BCUT2D eigenvalue weighted by atomic mass is 16.6. The lowest BCUT2D eigenvalue weighted by molar-refractivity contribution is -0.385. The highest BCUT2D eigenvalue weighted by Gasteiger charge is 2.17. The first-order chi connectivity index (χ1) is 8.56. The van der Waals surface area contributed by atoms with Crippen LogP contribution in [0.4, 0.5) is 5.69 Å². The van der Waals surface area contributed by atoms with Gasteiger partial charge in [0, 0.05) is 12.7 Å². The highest BCUT2D eigenvalue weighted by molar-refractivity contribution is 5.98. The molecule has 0 amide bonds. The predicted molar refractivity (Wildman–Crippen MR) is 65.1 cm³/mol. The number of carbonyl (C=O) groups excluding carboxylic acids is 1. The van der Waals surface area contributed by atoms with E-state index in [9.17, 15) is 14.9 Å². The molecular formula is C12H15NO5. The number of benzene rings is 1. The Morgan fingerprint density at radius 3 is 2.67 bits per heavy atom. The molecule has 0 fully saturated rings. The fraction of sp³-hybridized carbons (Fsp3) is 0.417. The summed E-state index contributed by atoms with van der Waals surface area (Å²) in [5.74, 6) is 0.0578. The number of Topliss-reactive ketones (excluding diaryl/α,β-unsaturated/α-hetero) is 1. The molecule has 0 bridgehead atoms. The third-order valence-corrected chi connectivity index (χ3v) is 2.24. The first-order valence-corrected chi connectivity index (χ1v) is 5.56. The summed E-state index contributed by atoms with van der Waals surface area (Å²) in [4.78, 5) is 21.5. The van der Waals surface area contributed by atoms with E-state index in [0.29, 0.717) is 25.6 Å². The standard InChI is InChI=1S/C12H15NO5/c1-3-17-6-7-18-10-4-5-12(13(15)16)11(8-10)9(2)14/h4-5,8H,3,6-7H2,1-2H3. The van der Waals surface area contributed by atoms with Crippen molar-refractivity contribution in [2.24, 2.45) is 0 Å². The van der Waals surface area contributed by atoms with E-state index in [1.165, 1.54) is 25.1 Å². The lowest BCUT2D eigenvalue weighted by Crippen LogP contribution is -2.07.